The van der Waals surface area contributed by atoms with E-state index in [0.29, 0.717) is 0 Å². The van der Waals surface area contributed by atoms with Gasteiger partial charge in [-0.05, 0) is 72.2 Å². The molecule has 0 aliphatic heterocycles. The van der Waals surface area contributed by atoms with Gasteiger partial charge in [-0.1, -0.05) is 37.9 Å². The number of rotatable bonds is 1. The van der Waals surface area contributed by atoms with Gasteiger partial charge >= 0.3 is 0 Å². The van der Waals surface area contributed by atoms with E-state index in [1.165, 1.54) is 26.7 Å². The van der Waals surface area contributed by atoms with Crippen LogP contribution in [0.5, 0.6) is 5.75 Å². The molecule has 0 N–H and O–H groups in total. The number of ether oxygens (including phenoxy) is 1. The van der Waals surface area contributed by atoms with Crippen LogP contribution in [0.1, 0.15) is 22.3 Å². The average molecular weight is 396 g/mol. The van der Waals surface area contributed by atoms with Crippen molar-refractivity contribution in [2.45, 2.75) is 25.7 Å². The quantitative estimate of drug-likeness (QED) is 0.652. The molecule has 0 amide bonds. The predicted octanol–water partition coefficient (Wildman–Crippen LogP) is 5.10. The predicted molar refractivity (Wildman–Crippen MR) is 89.7 cm³/mol. The van der Waals surface area contributed by atoms with Crippen molar-refractivity contribution in [3.8, 4) is 5.75 Å². The summed E-state index contributed by atoms with van der Waals surface area (Å²) in [5.41, 5.74) is 5.36. The number of halogens is 2. The second-order valence-corrected chi connectivity index (χ2v) is 7.06. The van der Waals surface area contributed by atoms with Crippen molar-refractivity contribution in [1.82, 2.24) is 0 Å². The Bertz CT molecular complexity index is 602. The molecule has 4 bridgehead atoms. The maximum Gasteiger partial charge on any atom is 0.125 e. The molecule has 2 aromatic rings. The molecule has 0 saturated carbocycles. The van der Waals surface area contributed by atoms with Crippen LogP contribution in [-0.4, -0.2) is 7.11 Å². The topological polar surface area (TPSA) is 9.23 Å². The minimum atomic E-state index is 1.01. The zero-order valence-corrected chi connectivity index (χ0v) is 14.6. The van der Waals surface area contributed by atoms with Gasteiger partial charge in [0.25, 0.3) is 0 Å². The summed E-state index contributed by atoms with van der Waals surface area (Å²) in [4.78, 5) is 0. The highest BCUT2D eigenvalue weighted by Gasteiger charge is 2.14. The average Bonchev–Trinajstić information content (AvgIpc) is 2.41. The first-order valence-corrected chi connectivity index (χ1v) is 8.38. The number of hydrogen-bond donors (Lipinski definition) is 0. The summed E-state index contributed by atoms with van der Waals surface area (Å²) in [6.07, 6.45) is 4.09. The second kappa shape index (κ2) is 5.90. The molecule has 3 rings (SSSR count). The van der Waals surface area contributed by atoms with E-state index in [4.69, 9.17) is 4.74 Å². The fourth-order valence-electron chi connectivity index (χ4n) is 2.91. The first-order valence-electron chi connectivity index (χ1n) is 6.79. The van der Waals surface area contributed by atoms with Crippen LogP contribution in [0, 0.1) is 0 Å². The van der Waals surface area contributed by atoms with Crippen LogP contribution in [0.15, 0.2) is 39.3 Å². The van der Waals surface area contributed by atoms with Gasteiger partial charge in [-0.2, -0.15) is 0 Å². The zero-order chi connectivity index (χ0) is 14.1. The van der Waals surface area contributed by atoms with Gasteiger partial charge in [-0.25, -0.2) is 0 Å². The van der Waals surface area contributed by atoms with Crippen molar-refractivity contribution in [2.75, 3.05) is 7.11 Å². The normalized spacial score (nSPS) is 13.9. The summed E-state index contributed by atoms with van der Waals surface area (Å²) < 4.78 is 7.99. The van der Waals surface area contributed by atoms with Crippen LogP contribution in [0.3, 0.4) is 0 Å². The highest BCUT2D eigenvalue weighted by atomic mass is 79.9. The molecule has 0 fully saturated rings. The van der Waals surface area contributed by atoms with Gasteiger partial charge in [0.05, 0.1) is 7.11 Å². The van der Waals surface area contributed by atoms with Crippen LogP contribution in [0.4, 0.5) is 0 Å². The van der Waals surface area contributed by atoms with Crippen molar-refractivity contribution in [2.24, 2.45) is 0 Å². The number of hydrogen-bond acceptors (Lipinski definition) is 1. The Hall–Kier alpha value is -0.800. The molecule has 0 radical (unpaired) electrons. The lowest BCUT2D eigenvalue weighted by Gasteiger charge is -2.17. The molecular formula is C17H16Br2O. The fourth-order valence-corrected chi connectivity index (χ4v) is 4.05. The van der Waals surface area contributed by atoms with E-state index in [2.05, 4.69) is 62.2 Å². The number of aryl methyl sites for hydroxylation is 4. The third-order valence-electron chi connectivity index (χ3n) is 3.80. The molecule has 1 nitrogen and oxygen atoms in total. The first kappa shape index (κ1) is 14.2. The van der Waals surface area contributed by atoms with E-state index < -0.39 is 0 Å². The molecule has 2 aromatic carbocycles. The van der Waals surface area contributed by atoms with Crippen LogP contribution in [-0.2, 0) is 25.7 Å². The zero-order valence-electron chi connectivity index (χ0n) is 11.4. The summed E-state index contributed by atoms with van der Waals surface area (Å²) in [5, 5.41) is 0. The highest BCUT2D eigenvalue weighted by Crippen LogP contribution is 2.32. The van der Waals surface area contributed by atoms with Gasteiger partial charge in [0.2, 0.25) is 0 Å². The minimum Gasteiger partial charge on any atom is -0.496 e. The molecule has 0 heterocycles. The lowest BCUT2D eigenvalue weighted by molar-refractivity contribution is 0.404. The number of methoxy groups -OCH3 is 1. The van der Waals surface area contributed by atoms with E-state index in [9.17, 15) is 0 Å². The van der Waals surface area contributed by atoms with Gasteiger partial charge < -0.3 is 4.74 Å². The number of fused-ring (bicyclic) bond motifs is 4. The van der Waals surface area contributed by atoms with E-state index in [0.717, 1.165) is 35.9 Å². The maximum atomic E-state index is 5.66. The minimum absolute atomic E-state index is 1.01. The monoisotopic (exact) mass is 394 g/mol. The molecule has 0 aromatic heterocycles. The Balaban J connectivity index is 2.07. The molecule has 104 valence electrons. The molecule has 20 heavy (non-hydrogen) atoms. The van der Waals surface area contributed by atoms with Crippen LogP contribution in [0.25, 0.3) is 0 Å². The Labute approximate surface area is 136 Å². The van der Waals surface area contributed by atoms with Crippen molar-refractivity contribution in [3.05, 3.63) is 61.5 Å². The molecule has 0 atom stereocenters. The molecule has 0 unspecified atom stereocenters. The lowest BCUT2D eigenvalue weighted by Crippen LogP contribution is -2.04. The van der Waals surface area contributed by atoms with Crippen LogP contribution >= 0.6 is 31.9 Å². The molecule has 0 saturated heterocycles. The Morgan fingerprint density at radius 1 is 0.750 bits per heavy atom. The standard InChI is InChI=1S/C17H16Br2O/c1-20-17-13-4-2-11-6-12(8-15(18)7-11)3-5-14(17)10-16(19)9-13/h6-10H,2-5H2,1H3. The van der Waals surface area contributed by atoms with E-state index >= 15 is 0 Å². The third-order valence-corrected chi connectivity index (χ3v) is 4.71. The molecular weight excluding hydrogens is 380 g/mol. The molecule has 1 aliphatic carbocycles. The van der Waals surface area contributed by atoms with Gasteiger partial charge in [0.1, 0.15) is 5.75 Å². The first-order chi connectivity index (χ1) is 9.65. The van der Waals surface area contributed by atoms with Gasteiger partial charge in [-0.15, -0.1) is 0 Å². The summed E-state index contributed by atoms with van der Waals surface area (Å²) in [6, 6.07) is 11.1. The third kappa shape index (κ3) is 2.94. The smallest absolute Gasteiger partial charge is 0.125 e. The second-order valence-electron chi connectivity index (χ2n) is 5.23. The van der Waals surface area contributed by atoms with E-state index in [-0.39, 0.29) is 0 Å². The van der Waals surface area contributed by atoms with Gasteiger partial charge in [-0.3, -0.25) is 0 Å². The van der Waals surface area contributed by atoms with E-state index in [1.54, 1.807) is 7.11 Å². The largest absolute Gasteiger partial charge is 0.496 e. The SMILES string of the molecule is COc1c2cc(Br)cc1CCc1cc(Br)cc(c1)CC2. The van der Waals surface area contributed by atoms with E-state index in [1.807, 2.05) is 0 Å². The molecule has 0 spiro atoms. The Kier molecular flexibility index (Phi) is 4.18. The van der Waals surface area contributed by atoms with Gasteiger partial charge in [0.15, 0.2) is 0 Å². The molecule has 3 heteroatoms. The fraction of sp³-hybridized carbons (Fsp3) is 0.294. The summed E-state index contributed by atoms with van der Waals surface area (Å²) in [5.74, 6) is 1.07. The van der Waals surface area contributed by atoms with Crippen molar-refractivity contribution < 1.29 is 4.74 Å². The Morgan fingerprint density at radius 2 is 1.25 bits per heavy atom. The highest BCUT2D eigenvalue weighted by molar-refractivity contribution is 9.10. The van der Waals surface area contributed by atoms with Crippen LogP contribution in [0.2, 0.25) is 0 Å². The maximum absolute atomic E-state index is 5.66. The van der Waals surface area contributed by atoms with Crippen molar-refractivity contribution in [1.29, 1.82) is 0 Å². The summed E-state index contributed by atoms with van der Waals surface area (Å²) >= 11 is 7.24. The van der Waals surface area contributed by atoms with Crippen LogP contribution < -0.4 is 4.74 Å². The summed E-state index contributed by atoms with van der Waals surface area (Å²) in [6.45, 7) is 0. The van der Waals surface area contributed by atoms with Crippen molar-refractivity contribution >= 4 is 31.9 Å². The molecule has 1 aliphatic rings. The summed E-state index contributed by atoms with van der Waals surface area (Å²) in [7, 11) is 1.78. The van der Waals surface area contributed by atoms with Crippen molar-refractivity contribution in [3.63, 3.8) is 0 Å². The lowest BCUT2D eigenvalue weighted by atomic mass is 9.94. The Morgan fingerprint density at radius 3 is 1.75 bits per heavy atom. The number of benzene rings is 2. The van der Waals surface area contributed by atoms with Gasteiger partial charge in [0, 0.05) is 8.95 Å².